The number of halogens is 1. The van der Waals surface area contributed by atoms with Crippen molar-refractivity contribution in [2.45, 2.75) is 25.8 Å². The number of amides is 1. The van der Waals surface area contributed by atoms with E-state index in [4.69, 9.17) is 10.3 Å². The van der Waals surface area contributed by atoms with Gasteiger partial charge < -0.3 is 15.6 Å². The van der Waals surface area contributed by atoms with Crippen LogP contribution < -0.4 is 11.1 Å². The fourth-order valence-corrected chi connectivity index (χ4v) is 2.15. The summed E-state index contributed by atoms with van der Waals surface area (Å²) < 4.78 is 18.2. The van der Waals surface area contributed by atoms with Gasteiger partial charge in [0.25, 0.3) is 5.91 Å². The molecule has 5 nitrogen and oxygen atoms in total. The van der Waals surface area contributed by atoms with Crippen LogP contribution in [0.1, 0.15) is 40.3 Å². The molecular formula is C15H18FN3O2. The Labute approximate surface area is 122 Å². The number of aromatic nitrogens is 1. The van der Waals surface area contributed by atoms with Crippen molar-refractivity contribution in [3.8, 4) is 0 Å². The molecule has 2 rings (SSSR count). The minimum Gasteiger partial charge on any atom is -0.360 e. The Bertz CT molecular complexity index is 622. The lowest BCUT2D eigenvalue weighted by atomic mass is 10.00. The van der Waals surface area contributed by atoms with Gasteiger partial charge in [-0.3, -0.25) is 4.79 Å². The predicted molar refractivity (Wildman–Crippen MR) is 76.3 cm³/mol. The molecule has 0 radical (unpaired) electrons. The van der Waals surface area contributed by atoms with Crippen LogP contribution >= 0.6 is 0 Å². The normalized spacial score (nSPS) is 12.2. The van der Waals surface area contributed by atoms with Crippen molar-refractivity contribution in [3.05, 3.63) is 52.7 Å². The monoisotopic (exact) mass is 291 g/mol. The molecule has 112 valence electrons. The second-order valence-corrected chi connectivity index (χ2v) is 4.72. The van der Waals surface area contributed by atoms with E-state index in [1.165, 1.54) is 12.1 Å². The highest BCUT2D eigenvalue weighted by atomic mass is 19.1. The number of rotatable bonds is 5. The zero-order valence-electron chi connectivity index (χ0n) is 12.0. The van der Waals surface area contributed by atoms with Gasteiger partial charge in [-0.05, 0) is 24.1 Å². The standard InChI is InChI=1S/C15H18FN3O2/c1-3-12-14(15(20)18-2)13(21-19-12)8-11(17)9-4-6-10(16)7-5-9/h4-7,11H,3,8,17H2,1-2H3,(H,18,20). The molecule has 1 aromatic carbocycles. The second-order valence-electron chi connectivity index (χ2n) is 4.72. The number of carbonyl (C=O) groups is 1. The van der Waals surface area contributed by atoms with Crippen LogP contribution in [0.4, 0.5) is 4.39 Å². The van der Waals surface area contributed by atoms with Gasteiger partial charge in [0, 0.05) is 19.5 Å². The SMILES string of the molecule is CCc1noc(CC(N)c2ccc(F)cc2)c1C(=O)NC. The molecule has 1 heterocycles. The molecule has 1 aromatic heterocycles. The molecule has 0 aliphatic carbocycles. The van der Waals surface area contributed by atoms with Crippen LogP contribution in [0.2, 0.25) is 0 Å². The van der Waals surface area contributed by atoms with E-state index in [0.717, 1.165) is 5.56 Å². The van der Waals surface area contributed by atoms with Crippen LogP contribution in [-0.2, 0) is 12.8 Å². The van der Waals surface area contributed by atoms with Crippen molar-refractivity contribution < 1.29 is 13.7 Å². The van der Waals surface area contributed by atoms with Crippen LogP contribution in [0, 0.1) is 5.82 Å². The van der Waals surface area contributed by atoms with Gasteiger partial charge >= 0.3 is 0 Å². The van der Waals surface area contributed by atoms with Gasteiger partial charge in [-0.2, -0.15) is 0 Å². The van der Waals surface area contributed by atoms with Crippen LogP contribution in [0.25, 0.3) is 0 Å². The summed E-state index contributed by atoms with van der Waals surface area (Å²) in [6.07, 6.45) is 0.916. The summed E-state index contributed by atoms with van der Waals surface area (Å²) in [6.45, 7) is 1.90. The van der Waals surface area contributed by atoms with E-state index < -0.39 is 6.04 Å². The van der Waals surface area contributed by atoms with E-state index in [-0.39, 0.29) is 11.7 Å². The summed E-state index contributed by atoms with van der Waals surface area (Å²) in [5.41, 5.74) is 7.92. The topological polar surface area (TPSA) is 81.2 Å². The van der Waals surface area contributed by atoms with Crippen LogP contribution in [0.15, 0.2) is 28.8 Å². The molecule has 0 aliphatic rings. The molecule has 21 heavy (non-hydrogen) atoms. The number of benzene rings is 1. The number of carbonyl (C=O) groups excluding carboxylic acids is 1. The summed E-state index contributed by atoms with van der Waals surface area (Å²) >= 11 is 0. The molecule has 1 amide bonds. The van der Waals surface area contributed by atoms with Gasteiger partial charge in [-0.1, -0.05) is 24.2 Å². The first-order valence-electron chi connectivity index (χ1n) is 6.77. The van der Waals surface area contributed by atoms with Gasteiger partial charge in [0.15, 0.2) is 5.76 Å². The molecule has 0 saturated heterocycles. The number of aryl methyl sites for hydroxylation is 1. The Morgan fingerprint density at radius 2 is 2.10 bits per heavy atom. The number of nitrogens with one attached hydrogen (secondary N) is 1. The maximum Gasteiger partial charge on any atom is 0.256 e. The Hall–Kier alpha value is -2.21. The third-order valence-corrected chi connectivity index (χ3v) is 3.33. The lowest BCUT2D eigenvalue weighted by molar-refractivity contribution is 0.0960. The quantitative estimate of drug-likeness (QED) is 0.882. The van der Waals surface area contributed by atoms with Crippen LogP contribution in [0.3, 0.4) is 0 Å². The van der Waals surface area contributed by atoms with Crippen molar-refractivity contribution in [2.24, 2.45) is 5.73 Å². The summed E-state index contributed by atoms with van der Waals surface area (Å²) in [5, 5.41) is 6.49. The third-order valence-electron chi connectivity index (χ3n) is 3.33. The molecule has 0 fully saturated rings. The molecule has 0 spiro atoms. The molecular weight excluding hydrogens is 273 g/mol. The van der Waals surface area contributed by atoms with E-state index in [0.29, 0.717) is 29.9 Å². The van der Waals surface area contributed by atoms with Gasteiger partial charge in [0.2, 0.25) is 0 Å². The molecule has 6 heteroatoms. The van der Waals surface area contributed by atoms with E-state index in [1.54, 1.807) is 19.2 Å². The van der Waals surface area contributed by atoms with E-state index in [1.807, 2.05) is 6.92 Å². The van der Waals surface area contributed by atoms with E-state index >= 15 is 0 Å². The Morgan fingerprint density at radius 3 is 2.67 bits per heavy atom. The number of nitrogens with two attached hydrogens (primary N) is 1. The first-order chi connectivity index (χ1) is 10.1. The zero-order valence-corrected chi connectivity index (χ0v) is 12.0. The molecule has 0 bridgehead atoms. The molecule has 2 aromatic rings. The van der Waals surface area contributed by atoms with Gasteiger partial charge in [0.05, 0.1) is 5.69 Å². The van der Waals surface area contributed by atoms with Crippen LogP contribution in [0.5, 0.6) is 0 Å². The highest BCUT2D eigenvalue weighted by Gasteiger charge is 2.23. The fraction of sp³-hybridized carbons (Fsp3) is 0.333. The van der Waals surface area contributed by atoms with Gasteiger partial charge in [0.1, 0.15) is 11.4 Å². The van der Waals surface area contributed by atoms with Crippen molar-refractivity contribution in [1.82, 2.24) is 10.5 Å². The van der Waals surface area contributed by atoms with Crippen molar-refractivity contribution in [2.75, 3.05) is 7.05 Å². The maximum absolute atomic E-state index is 12.9. The average Bonchev–Trinajstić information content (AvgIpc) is 2.89. The lowest BCUT2D eigenvalue weighted by Crippen LogP contribution is -2.22. The highest BCUT2D eigenvalue weighted by Crippen LogP contribution is 2.22. The summed E-state index contributed by atoms with van der Waals surface area (Å²) in [6, 6.07) is 5.55. The molecule has 3 N–H and O–H groups in total. The number of nitrogens with zero attached hydrogens (tertiary/aromatic N) is 1. The Balaban J connectivity index is 2.24. The maximum atomic E-state index is 12.9. The van der Waals surface area contributed by atoms with Gasteiger partial charge in [-0.25, -0.2) is 4.39 Å². The van der Waals surface area contributed by atoms with E-state index in [9.17, 15) is 9.18 Å². The summed E-state index contributed by atoms with van der Waals surface area (Å²) in [5.74, 6) is -0.109. The Kier molecular flexibility index (Phi) is 4.70. The first-order valence-corrected chi connectivity index (χ1v) is 6.77. The largest absolute Gasteiger partial charge is 0.360 e. The number of hydrogen-bond donors (Lipinski definition) is 2. The van der Waals surface area contributed by atoms with E-state index in [2.05, 4.69) is 10.5 Å². The third kappa shape index (κ3) is 3.28. The highest BCUT2D eigenvalue weighted by molar-refractivity contribution is 5.96. The molecule has 1 unspecified atom stereocenters. The lowest BCUT2D eigenvalue weighted by Gasteiger charge is -2.11. The summed E-state index contributed by atoms with van der Waals surface area (Å²) in [4.78, 5) is 11.9. The van der Waals surface area contributed by atoms with Crippen molar-refractivity contribution >= 4 is 5.91 Å². The molecule has 1 atom stereocenters. The fourth-order valence-electron chi connectivity index (χ4n) is 2.15. The van der Waals surface area contributed by atoms with Crippen LogP contribution in [-0.4, -0.2) is 18.1 Å². The minimum atomic E-state index is -0.397. The van der Waals surface area contributed by atoms with Crippen molar-refractivity contribution in [1.29, 1.82) is 0 Å². The smallest absolute Gasteiger partial charge is 0.256 e. The summed E-state index contributed by atoms with van der Waals surface area (Å²) in [7, 11) is 1.55. The zero-order chi connectivity index (χ0) is 15.4. The predicted octanol–water partition coefficient (Wildman–Crippen LogP) is 1.98. The average molecular weight is 291 g/mol. The van der Waals surface area contributed by atoms with Gasteiger partial charge in [-0.15, -0.1) is 0 Å². The first kappa shape index (κ1) is 15.2. The second kappa shape index (κ2) is 6.49. The minimum absolute atomic E-state index is 0.241. The van der Waals surface area contributed by atoms with Crippen molar-refractivity contribution in [3.63, 3.8) is 0 Å². The number of hydrogen-bond acceptors (Lipinski definition) is 4. The Morgan fingerprint density at radius 1 is 1.43 bits per heavy atom. The molecule has 0 aliphatic heterocycles. The molecule has 0 saturated carbocycles.